The summed E-state index contributed by atoms with van der Waals surface area (Å²) in [4.78, 5) is 40.1. The Bertz CT molecular complexity index is 1840. The number of rotatable bonds is 8. The molecule has 6 rings (SSSR count). The lowest BCUT2D eigenvalue weighted by Gasteiger charge is -2.20. The number of alkyl carbamates (subject to hydrolysis) is 1. The van der Waals surface area contributed by atoms with Gasteiger partial charge in [-0.05, 0) is 60.2 Å². The van der Waals surface area contributed by atoms with Gasteiger partial charge in [0.05, 0.1) is 5.52 Å². The van der Waals surface area contributed by atoms with Crippen molar-refractivity contribution < 1.29 is 23.9 Å². The van der Waals surface area contributed by atoms with E-state index in [1.54, 1.807) is 6.20 Å². The highest BCUT2D eigenvalue weighted by molar-refractivity contribution is 5.93. The monoisotopic (exact) mass is 615 g/mol. The molecular formula is C38H37N3O5. The van der Waals surface area contributed by atoms with Crippen LogP contribution in [0.1, 0.15) is 48.9 Å². The van der Waals surface area contributed by atoms with Crippen molar-refractivity contribution in [2.45, 2.75) is 51.3 Å². The SMILES string of the molecule is CC(C)(C)OC(=O)n1cc(C[C@H](NC(=O)OCC2c3ccccc3-c3ccccc32)C(=O)NCc2ccccc2)c2ccccc21. The summed E-state index contributed by atoms with van der Waals surface area (Å²) in [5.74, 6) is -0.484. The predicted molar refractivity (Wildman–Crippen MR) is 178 cm³/mol. The Morgan fingerprint density at radius 2 is 1.41 bits per heavy atom. The van der Waals surface area contributed by atoms with Gasteiger partial charge in [0.2, 0.25) is 5.91 Å². The van der Waals surface area contributed by atoms with Crippen LogP contribution in [-0.2, 0) is 27.2 Å². The first-order valence-corrected chi connectivity index (χ1v) is 15.4. The van der Waals surface area contributed by atoms with Crippen LogP contribution in [0.5, 0.6) is 0 Å². The molecule has 0 unspecified atom stereocenters. The average molecular weight is 616 g/mol. The van der Waals surface area contributed by atoms with Gasteiger partial charge in [-0.15, -0.1) is 0 Å². The van der Waals surface area contributed by atoms with Gasteiger partial charge in [0.25, 0.3) is 0 Å². The highest BCUT2D eigenvalue weighted by atomic mass is 16.6. The van der Waals surface area contributed by atoms with Crippen LogP contribution in [0.25, 0.3) is 22.0 Å². The molecule has 8 nitrogen and oxygen atoms in total. The van der Waals surface area contributed by atoms with Crippen LogP contribution in [-0.4, -0.2) is 40.9 Å². The molecule has 1 aromatic heterocycles. The van der Waals surface area contributed by atoms with Gasteiger partial charge in [0, 0.05) is 30.5 Å². The molecule has 1 aliphatic rings. The second-order valence-corrected chi connectivity index (χ2v) is 12.5. The standard InChI is InChI=1S/C38H37N3O5/c1-38(2,3)46-37(44)41-23-26(27-15-11-12-20-34(27)41)21-33(35(42)39-22-25-13-5-4-6-14-25)40-36(43)45-24-32-30-18-9-7-16-28(30)29-17-8-10-19-31(29)32/h4-20,23,32-33H,21-22,24H2,1-3H3,(H,39,42)(H,40,43)/t33-/m0/s1. The summed E-state index contributed by atoms with van der Waals surface area (Å²) in [6.07, 6.45) is 0.582. The zero-order valence-electron chi connectivity index (χ0n) is 26.2. The van der Waals surface area contributed by atoms with Crippen LogP contribution in [0.4, 0.5) is 9.59 Å². The van der Waals surface area contributed by atoms with Crippen LogP contribution < -0.4 is 10.6 Å². The molecule has 0 fully saturated rings. The maximum atomic E-state index is 13.6. The number of aromatic nitrogens is 1. The number of nitrogens with zero attached hydrogens (tertiary/aromatic N) is 1. The number of carbonyl (C=O) groups is 3. The summed E-state index contributed by atoms with van der Waals surface area (Å²) in [6.45, 7) is 5.84. The van der Waals surface area contributed by atoms with Crippen molar-refractivity contribution in [3.8, 4) is 11.1 Å². The number of nitrogens with one attached hydrogen (secondary N) is 2. The lowest BCUT2D eigenvalue weighted by molar-refractivity contribution is -0.123. The molecule has 0 aliphatic heterocycles. The number of fused-ring (bicyclic) bond motifs is 4. The van der Waals surface area contributed by atoms with Gasteiger partial charge in [0.15, 0.2) is 0 Å². The summed E-state index contributed by atoms with van der Waals surface area (Å²) < 4.78 is 12.9. The first kappa shape index (κ1) is 30.6. The molecule has 1 aliphatic carbocycles. The van der Waals surface area contributed by atoms with Gasteiger partial charge in [-0.2, -0.15) is 0 Å². The quantitative estimate of drug-likeness (QED) is 0.193. The Morgan fingerprint density at radius 3 is 2.09 bits per heavy atom. The first-order valence-electron chi connectivity index (χ1n) is 15.4. The minimum absolute atomic E-state index is 0.115. The molecule has 4 aromatic carbocycles. The molecule has 46 heavy (non-hydrogen) atoms. The number of benzene rings is 4. The van der Waals surface area contributed by atoms with Crippen molar-refractivity contribution in [1.82, 2.24) is 15.2 Å². The Balaban J connectivity index is 1.23. The lowest BCUT2D eigenvalue weighted by atomic mass is 9.98. The second-order valence-electron chi connectivity index (χ2n) is 12.5. The summed E-state index contributed by atoms with van der Waals surface area (Å²) in [6, 6.07) is 32.2. The van der Waals surface area contributed by atoms with Crippen molar-refractivity contribution in [2.24, 2.45) is 0 Å². The summed E-state index contributed by atoms with van der Waals surface area (Å²) in [5.41, 5.74) is 6.06. The minimum atomic E-state index is -0.975. The van der Waals surface area contributed by atoms with Crippen molar-refractivity contribution in [1.29, 1.82) is 0 Å². The van der Waals surface area contributed by atoms with Gasteiger partial charge < -0.3 is 20.1 Å². The van der Waals surface area contributed by atoms with Crippen LogP contribution in [0.15, 0.2) is 109 Å². The first-order chi connectivity index (χ1) is 22.2. The molecule has 0 saturated carbocycles. The van der Waals surface area contributed by atoms with E-state index >= 15 is 0 Å². The molecule has 5 aromatic rings. The van der Waals surface area contributed by atoms with E-state index in [9.17, 15) is 14.4 Å². The highest BCUT2D eigenvalue weighted by Gasteiger charge is 2.30. The Morgan fingerprint density at radius 1 is 0.804 bits per heavy atom. The van der Waals surface area contributed by atoms with E-state index in [1.165, 1.54) is 4.57 Å². The smallest absolute Gasteiger partial charge is 0.419 e. The number of hydrogen-bond donors (Lipinski definition) is 2. The molecule has 0 spiro atoms. The zero-order valence-corrected chi connectivity index (χ0v) is 26.2. The van der Waals surface area contributed by atoms with Gasteiger partial charge in [-0.25, -0.2) is 9.59 Å². The number of para-hydroxylation sites is 1. The maximum Gasteiger partial charge on any atom is 0.419 e. The third-order valence-corrected chi connectivity index (χ3v) is 8.07. The van der Waals surface area contributed by atoms with Crippen LogP contribution in [0, 0.1) is 0 Å². The molecule has 0 bridgehead atoms. The Kier molecular flexibility index (Phi) is 8.61. The van der Waals surface area contributed by atoms with E-state index in [-0.39, 0.29) is 24.9 Å². The molecule has 1 atom stereocenters. The van der Waals surface area contributed by atoms with Crippen molar-refractivity contribution in [2.75, 3.05) is 6.61 Å². The van der Waals surface area contributed by atoms with Gasteiger partial charge in [0.1, 0.15) is 18.2 Å². The average Bonchev–Trinajstić information content (AvgIpc) is 3.58. The van der Waals surface area contributed by atoms with Gasteiger partial charge in [-0.3, -0.25) is 9.36 Å². The highest BCUT2D eigenvalue weighted by Crippen LogP contribution is 2.44. The van der Waals surface area contributed by atoms with E-state index in [0.29, 0.717) is 17.6 Å². The maximum absolute atomic E-state index is 13.6. The normalized spacial score (nSPS) is 13.0. The topological polar surface area (TPSA) is 98.7 Å². The molecule has 0 radical (unpaired) electrons. The zero-order chi connectivity index (χ0) is 32.3. The third kappa shape index (κ3) is 6.66. The van der Waals surface area contributed by atoms with Crippen LogP contribution >= 0.6 is 0 Å². The Hall–Kier alpha value is -5.37. The molecule has 234 valence electrons. The van der Waals surface area contributed by atoms with E-state index in [1.807, 2.05) is 99.6 Å². The number of hydrogen-bond acceptors (Lipinski definition) is 5. The van der Waals surface area contributed by atoms with Crippen molar-refractivity contribution in [3.05, 3.63) is 132 Å². The van der Waals surface area contributed by atoms with E-state index < -0.39 is 23.8 Å². The molecule has 2 N–H and O–H groups in total. The summed E-state index contributed by atoms with van der Waals surface area (Å²) in [7, 11) is 0. The molecule has 2 amide bonds. The molecule has 8 heteroatoms. The second kappa shape index (κ2) is 12.9. The summed E-state index contributed by atoms with van der Waals surface area (Å²) in [5, 5.41) is 6.55. The van der Waals surface area contributed by atoms with Gasteiger partial charge in [-0.1, -0.05) is 97.1 Å². The van der Waals surface area contributed by atoms with Crippen LogP contribution in [0.2, 0.25) is 0 Å². The largest absolute Gasteiger partial charge is 0.449 e. The molecule has 0 saturated heterocycles. The van der Waals surface area contributed by atoms with E-state index in [4.69, 9.17) is 9.47 Å². The fraction of sp³-hybridized carbons (Fsp3) is 0.237. The predicted octanol–water partition coefficient (Wildman–Crippen LogP) is 7.19. The van der Waals surface area contributed by atoms with Crippen LogP contribution in [0.3, 0.4) is 0 Å². The molecule has 1 heterocycles. The minimum Gasteiger partial charge on any atom is -0.449 e. The van der Waals surface area contributed by atoms with Gasteiger partial charge >= 0.3 is 12.2 Å². The Labute approximate surface area is 268 Å². The fourth-order valence-corrected chi connectivity index (χ4v) is 5.99. The van der Waals surface area contributed by atoms with Crippen molar-refractivity contribution >= 4 is 29.0 Å². The number of carbonyl (C=O) groups excluding carboxylic acids is 3. The fourth-order valence-electron chi connectivity index (χ4n) is 5.99. The summed E-state index contributed by atoms with van der Waals surface area (Å²) >= 11 is 0. The van der Waals surface area contributed by atoms with Crippen molar-refractivity contribution in [3.63, 3.8) is 0 Å². The van der Waals surface area contributed by atoms with E-state index in [0.717, 1.165) is 33.2 Å². The number of ether oxygens (including phenoxy) is 2. The third-order valence-electron chi connectivity index (χ3n) is 8.07. The lowest BCUT2D eigenvalue weighted by Crippen LogP contribution is -2.48. The molecular weight excluding hydrogens is 578 g/mol. The number of amides is 2. The van der Waals surface area contributed by atoms with E-state index in [2.05, 4.69) is 34.9 Å².